The Morgan fingerprint density at radius 1 is 1.35 bits per heavy atom. The molecule has 0 radical (unpaired) electrons. The Morgan fingerprint density at radius 3 is 2.55 bits per heavy atom. The number of hydrogen-bond donors (Lipinski definition) is 2. The molecule has 0 aromatic heterocycles. The van der Waals surface area contributed by atoms with Crippen LogP contribution in [0, 0.1) is 6.92 Å². The van der Waals surface area contributed by atoms with Gasteiger partial charge in [0.25, 0.3) is 0 Å². The van der Waals surface area contributed by atoms with Crippen LogP contribution in [0.4, 0.5) is 11.4 Å². The third-order valence-corrected chi connectivity index (χ3v) is 3.74. The summed E-state index contributed by atoms with van der Waals surface area (Å²) in [7, 11) is 6.57. The topological polar surface area (TPSA) is 49.5 Å². The molecule has 0 bridgehead atoms. The maximum Gasteiger partial charge on any atom is 0.0988 e. The molecule has 1 aliphatic heterocycles. The van der Waals surface area contributed by atoms with E-state index in [1.165, 1.54) is 5.69 Å². The third-order valence-electron chi connectivity index (χ3n) is 3.74. The highest BCUT2D eigenvalue weighted by molar-refractivity contribution is 5.59. The molecular weight excluding hydrogens is 274 g/mol. The minimum atomic E-state index is -0.227. The third kappa shape index (κ3) is 4.01. The summed E-state index contributed by atoms with van der Waals surface area (Å²) in [5, 5.41) is 9.98. The van der Waals surface area contributed by atoms with Crippen LogP contribution < -0.4 is 23.0 Å². The monoisotopic (exact) mass is 299 g/mol. The fourth-order valence-electron chi connectivity index (χ4n) is 2.85. The number of hydrogen-bond acceptors (Lipinski definition) is 3. The number of β-amino-alcohol motifs (C(OH)–C–C–N with tert-alkyl or cyclic N) is 1. The smallest absolute Gasteiger partial charge is 0.0988 e. The first-order valence-corrected chi connectivity index (χ1v) is 6.87. The second kappa shape index (κ2) is 6.20. The number of rotatable bonds is 3. The zero-order valence-electron chi connectivity index (χ0n) is 12.8. The van der Waals surface area contributed by atoms with Crippen LogP contribution in [0.25, 0.3) is 0 Å². The first kappa shape index (κ1) is 17.1. The molecule has 0 spiro atoms. The second-order valence-electron chi connectivity index (χ2n) is 6.71. The Hall–Kier alpha value is -0.970. The van der Waals surface area contributed by atoms with E-state index < -0.39 is 0 Å². The lowest BCUT2D eigenvalue weighted by Gasteiger charge is -2.33. The standard InChI is InChI=1S/C15H26N3O.ClH/c1-11-7-12(5-6-15(11)16)17-9-14(19)8-13(17)10-18(2,3)4;/h5-7,13-14,19H,8-10,16H2,1-4H3;1H/q+1;/p-1. The van der Waals surface area contributed by atoms with Gasteiger partial charge in [0.1, 0.15) is 0 Å². The summed E-state index contributed by atoms with van der Waals surface area (Å²) in [5.41, 5.74) is 8.97. The Balaban J connectivity index is 0.00000200. The van der Waals surface area contributed by atoms with Crippen LogP contribution in [-0.4, -0.2) is 56.0 Å². The van der Waals surface area contributed by atoms with Crippen LogP contribution in [0.2, 0.25) is 0 Å². The van der Waals surface area contributed by atoms with Crippen molar-refractivity contribution < 1.29 is 22.0 Å². The summed E-state index contributed by atoms with van der Waals surface area (Å²) < 4.78 is 0.905. The average molecular weight is 300 g/mol. The number of aliphatic hydroxyl groups excluding tert-OH is 1. The molecule has 1 fully saturated rings. The van der Waals surface area contributed by atoms with Crippen molar-refractivity contribution >= 4 is 11.4 Å². The van der Waals surface area contributed by atoms with E-state index in [1.54, 1.807) is 0 Å². The predicted molar refractivity (Wildman–Crippen MR) is 80.2 cm³/mol. The SMILES string of the molecule is Cc1cc(N2CC(O)CC2C[N+](C)(C)C)ccc1N.[Cl-]. The van der Waals surface area contributed by atoms with Gasteiger partial charge in [-0.05, 0) is 30.7 Å². The minimum absolute atomic E-state index is 0. The Bertz CT molecular complexity index is 459. The molecule has 0 saturated carbocycles. The lowest BCUT2D eigenvalue weighted by atomic mass is 10.1. The van der Waals surface area contributed by atoms with Gasteiger partial charge < -0.3 is 32.6 Å². The van der Waals surface area contributed by atoms with E-state index in [1.807, 2.05) is 13.0 Å². The maximum atomic E-state index is 9.98. The summed E-state index contributed by atoms with van der Waals surface area (Å²) >= 11 is 0. The van der Waals surface area contributed by atoms with Gasteiger partial charge in [-0.3, -0.25) is 0 Å². The highest BCUT2D eigenvalue weighted by atomic mass is 35.5. The van der Waals surface area contributed by atoms with E-state index in [9.17, 15) is 5.11 Å². The normalized spacial score (nSPS) is 22.8. The van der Waals surface area contributed by atoms with Crippen LogP contribution in [-0.2, 0) is 0 Å². The van der Waals surface area contributed by atoms with E-state index in [0.29, 0.717) is 12.6 Å². The summed E-state index contributed by atoms with van der Waals surface area (Å²) in [6, 6.07) is 6.52. The minimum Gasteiger partial charge on any atom is -1.00 e. The maximum absolute atomic E-state index is 9.98. The van der Waals surface area contributed by atoms with Crippen LogP contribution >= 0.6 is 0 Å². The lowest BCUT2D eigenvalue weighted by molar-refractivity contribution is -0.871. The molecule has 0 amide bonds. The van der Waals surface area contributed by atoms with E-state index in [4.69, 9.17) is 5.73 Å². The summed E-state index contributed by atoms with van der Waals surface area (Å²) in [4.78, 5) is 2.32. The van der Waals surface area contributed by atoms with Gasteiger partial charge in [0, 0.05) is 24.3 Å². The fraction of sp³-hybridized carbons (Fsp3) is 0.600. The van der Waals surface area contributed by atoms with E-state index in [-0.39, 0.29) is 18.5 Å². The largest absolute Gasteiger partial charge is 1.00 e. The molecule has 5 heteroatoms. The van der Waals surface area contributed by atoms with Crippen LogP contribution in [0.3, 0.4) is 0 Å². The average Bonchev–Trinajstić information content (AvgIpc) is 2.61. The summed E-state index contributed by atoms with van der Waals surface area (Å²) in [6.07, 6.45) is 0.619. The highest BCUT2D eigenvalue weighted by Crippen LogP contribution is 2.29. The Labute approximate surface area is 128 Å². The molecule has 114 valence electrons. The Kier molecular flexibility index (Phi) is 5.30. The van der Waals surface area contributed by atoms with Crippen molar-refractivity contribution in [3.8, 4) is 0 Å². The molecular formula is C15H26ClN3O. The quantitative estimate of drug-likeness (QED) is 0.513. The second-order valence-corrected chi connectivity index (χ2v) is 6.71. The fourth-order valence-corrected chi connectivity index (χ4v) is 2.85. The molecule has 2 atom stereocenters. The zero-order valence-corrected chi connectivity index (χ0v) is 13.6. The van der Waals surface area contributed by atoms with Crippen molar-refractivity contribution in [2.45, 2.75) is 25.5 Å². The number of benzene rings is 1. The number of nitrogens with zero attached hydrogens (tertiary/aromatic N) is 2. The molecule has 4 nitrogen and oxygen atoms in total. The summed E-state index contributed by atoms with van der Waals surface area (Å²) in [5.74, 6) is 0. The molecule has 1 aliphatic rings. The molecule has 1 aromatic rings. The molecule has 0 aliphatic carbocycles. The predicted octanol–water partition coefficient (Wildman–Crippen LogP) is -1.77. The van der Waals surface area contributed by atoms with Gasteiger partial charge >= 0.3 is 0 Å². The molecule has 1 aromatic carbocycles. The highest BCUT2D eigenvalue weighted by Gasteiger charge is 2.34. The van der Waals surface area contributed by atoms with Crippen LogP contribution in [0.15, 0.2) is 18.2 Å². The van der Waals surface area contributed by atoms with E-state index >= 15 is 0 Å². The molecule has 20 heavy (non-hydrogen) atoms. The summed E-state index contributed by atoms with van der Waals surface area (Å²) in [6.45, 7) is 3.77. The molecule has 1 heterocycles. The van der Waals surface area contributed by atoms with Crippen molar-refractivity contribution in [1.82, 2.24) is 0 Å². The van der Waals surface area contributed by atoms with Crippen molar-refractivity contribution in [2.24, 2.45) is 0 Å². The molecule has 3 N–H and O–H groups in total. The number of aliphatic hydroxyl groups is 1. The van der Waals surface area contributed by atoms with E-state index in [0.717, 1.165) is 28.7 Å². The van der Waals surface area contributed by atoms with Gasteiger partial charge in [0.05, 0.1) is 39.8 Å². The van der Waals surface area contributed by atoms with Crippen molar-refractivity contribution in [3.05, 3.63) is 23.8 Å². The number of quaternary nitrogens is 1. The van der Waals surface area contributed by atoms with Gasteiger partial charge in [-0.2, -0.15) is 0 Å². The first-order chi connectivity index (χ1) is 8.76. The number of nitrogens with two attached hydrogens (primary N) is 1. The number of likely N-dealkylation sites (N-methyl/N-ethyl adjacent to an activating group) is 1. The number of aryl methyl sites for hydroxylation is 1. The first-order valence-electron chi connectivity index (χ1n) is 6.87. The number of halogens is 1. The molecule has 2 rings (SSSR count). The van der Waals surface area contributed by atoms with E-state index in [2.05, 4.69) is 38.2 Å². The van der Waals surface area contributed by atoms with Gasteiger partial charge in [-0.1, -0.05) is 0 Å². The van der Waals surface area contributed by atoms with Crippen molar-refractivity contribution in [2.75, 3.05) is 44.9 Å². The van der Waals surface area contributed by atoms with Gasteiger partial charge in [0.2, 0.25) is 0 Å². The number of anilines is 2. The van der Waals surface area contributed by atoms with Crippen molar-refractivity contribution in [1.29, 1.82) is 0 Å². The number of nitrogen functional groups attached to an aromatic ring is 1. The van der Waals surface area contributed by atoms with Crippen LogP contribution in [0.1, 0.15) is 12.0 Å². The van der Waals surface area contributed by atoms with Gasteiger partial charge in [-0.15, -0.1) is 0 Å². The zero-order chi connectivity index (χ0) is 14.2. The molecule has 1 saturated heterocycles. The molecule has 2 unspecified atom stereocenters. The Morgan fingerprint density at radius 2 is 2.00 bits per heavy atom. The lowest BCUT2D eigenvalue weighted by Crippen LogP contribution is -3.00. The van der Waals surface area contributed by atoms with Gasteiger partial charge in [0.15, 0.2) is 0 Å². The van der Waals surface area contributed by atoms with Crippen molar-refractivity contribution in [3.63, 3.8) is 0 Å². The van der Waals surface area contributed by atoms with Gasteiger partial charge in [-0.25, -0.2) is 0 Å². The van der Waals surface area contributed by atoms with Crippen LogP contribution in [0.5, 0.6) is 0 Å².